The number of pyridine rings is 1. The summed E-state index contributed by atoms with van der Waals surface area (Å²) >= 11 is 0. The normalized spacial score (nSPS) is 17.1. The first-order chi connectivity index (χ1) is 8.05. The molecular weight excluding hydrogens is 216 g/mol. The van der Waals surface area contributed by atoms with Crippen LogP contribution in [0.25, 0.3) is 0 Å². The second kappa shape index (κ2) is 4.34. The number of nitriles is 1. The van der Waals surface area contributed by atoms with Gasteiger partial charge in [-0.15, -0.1) is 0 Å². The van der Waals surface area contributed by atoms with E-state index < -0.39 is 0 Å². The van der Waals surface area contributed by atoms with Gasteiger partial charge in [0.25, 0.3) is 0 Å². The highest BCUT2D eigenvalue weighted by molar-refractivity contribution is 5.43. The van der Waals surface area contributed by atoms with E-state index in [1.165, 1.54) is 0 Å². The largest absolute Gasteiger partial charge is 0.477 e. The van der Waals surface area contributed by atoms with Crippen molar-refractivity contribution in [3.63, 3.8) is 0 Å². The standard InChI is InChI=1S/C13H16N2O2/c1-4-16-12-9(7-14)5-10-8-17-13(2,3)6-11(10)15-12/h5H,4,6,8H2,1-3H3. The number of aromatic nitrogens is 1. The lowest BCUT2D eigenvalue weighted by Gasteiger charge is -2.31. The van der Waals surface area contributed by atoms with Gasteiger partial charge in [-0.2, -0.15) is 5.26 Å². The monoisotopic (exact) mass is 232 g/mol. The summed E-state index contributed by atoms with van der Waals surface area (Å²) in [6.45, 7) is 6.98. The zero-order valence-electron chi connectivity index (χ0n) is 10.4. The topological polar surface area (TPSA) is 55.1 Å². The number of hydrogen-bond donors (Lipinski definition) is 0. The second-order valence-corrected chi connectivity index (χ2v) is 4.72. The van der Waals surface area contributed by atoms with Crippen LogP contribution in [0.1, 0.15) is 37.6 Å². The van der Waals surface area contributed by atoms with Crippen molar-refractivity contribution in [2.45, 2.75) is 39.4 Å². The van der Waals surface area contributed by atoms with Crippen molar-refractivity contribution in [1.29, 1.82) is 5.26 Å². The molecule has 0 spiro atoms. The van der Waals surface area contributed by atoms with Crippen LogP contribution < -0.4 is 4.74 Å². The van der Waals surface area contributed by atoms with Crippen molar-refractivity contribution < 1.29 is 9.47 Å². The predicted octanol–water partition coefficient (Wildman–Crippen LogP) is 2.20. The average molecular weight is 232 g/mol. The highest BCUT2D eigenvalue weighted by atomic mass is 16.5. The van der Waals surface area contributed by atoms with Crippen molar-refractivity contribution >= 4 is 0 Å². The summed E-state index contributed by atoms with van der Waals surface area (Å²) in [5.41, 5.74) is 2.25. The molecule has 0 saturated heterocycles. The van der Waals surface area contributed by atoms with E-state index in [2.05, 4.69) is 11.1 Å². The van der Waals surface area contributed by atoms with E-state index >= 15 is 0 Å². The van der Waals surface area contributed by atoms with Crippen molar-refractivity contribution in [3.05, 3.63) is 22.9 Å². The Morgan fingerprint density at radius 1 is 1.59 bits per heavy atom. The minimum absolute atomic E-state index is 0.197. The molecule has 0 radical (unpaired) electrons. The zero-order chi connectivity index (χ0) is 12.5. The van der Waals surface area contributed by atoms with Crippen LogP contribution in [-0.4, -0.2) is 17.2 Å². The van der Waals surface area contributed by atoms with Gasteiger partial charge in [0.05, 0.1) is 24.5 Å². The van der Waals surface area contributed by atoms with Gasteiger partial charge >= 0.3 is 0 Å². The zero-order valence-corrected chi connectivity index (χ0v) is 10.4. The number of fused-ring (bicyclic) bond motifs is 1. The highest BCUT2D eigenvalue weighted by Crippen LogP contribution is 2.29. The van der Waals surface area contributed by atoms with E-state index in [-0.39, 0.29) is 5.60 Å². The summed E-state index contributed by atoms with van der Waals surface area (Å²) in [5.74, 6) is 0.437. The molecule has 1 aromatic heterocycles. The first-order valence-corrected chi connectivity index (χ1v) is 5.75. The van der Waals surface area contributed by atoms with Gasteiger partial charge < -0.3 is 9.47 Å². The fourth-order valence-electron chi connectivity index (χ4n) is 1.91. The third-order valence-electron chi connectivity index (χ3n) is 2.77. The molecule has 0 saturated carbocycles. The van der Waals surface area contributed by atoms with E-state index in [0.29, 0.717) is 24.7 Å². The van der Waals surface area contributed by atoms with E-state index in [1.807, 2.05) is 26.8 Å². The molecule has 0 atom stereocenters. The van der Waals surface area contributed by atoms with Gasteiger partial charge in [-0.05, 0) is 26.8 Å². The molecule has 1 aliphatic rings. The van der Waals surface area contributed by atoms with Crippen LogP contribution in [0.4, 0.5) is 0 Å². The molecule has 0 amide bonds. The molecule has 0 N–H and O–H groups in total. The lowest BCUT2D eigenvalue weighted by Crippen LogP contribution is -2.32. The van der Waals surface area contributed by atoms with Gasteiger partial charge in [-0.3, -0.25) is 0 Å². The molecule has 0 bridgehead atoms. The third-order valence-corrected chi connectivity index (χ3v) is 2.77. The Hall–Kier alpha value is -1.60. The molecule has 1 aromatic rings. The third kappa shape index (κ3) is 2.40. The second-order valence-electron chi connectivity index (χ2n) is 4.72. The van der Waals surface area contributed by atoms with Crippen LogP contribution in [0.2, 0.25) is 0 Å². The van der Waals surface area contributed by atoms with E-state index in [9.17, 15) is 0 Å². The quantitative estimate of drug-likeness (QED) is 0.784. The molecule has 90 valence electrons. The Labute approximate surface area is 101 Å². The smallest absolute Gasteiger partial charge is 0.231 e. The van der Waals surface area contributed by atoms with Gasteiger partial charge in [0.15, 0.2) is 0 Å². The maximum absolute atomic E-state index is 9.04. The van der Waals surface area contributed by atoms with Gasteiger partial charge in [0, 0.05) is 12.0 Å². The molecule has 4 nitrogen and oxygen atoms in total. The Balaban J connectivity index is 2.42. The molecular formula is C13H16N2O2. The van der Waals surface area contributed by atoms with Gasteiger partial charge in [-0.25, -0.2) is 4.98 Å². The van der Waals surface area contributed by atoms with Crippen molar-refractivity contribution in [3.8, 4) is 11.9 Å². The van der Waals surface area contributed by atoms with E-state index in [4.69, 9.17) is 14.7 Å². The van der Waals surface area contributed by atoms with Crippen LogP contribution in [0.15, 0.2) is 6.07 Å². The summed E-state index contributed by atoms with van der Waals surface area (Å²) in [5, 5.41) is 9.04. The number of rotatable bonds is 2. The van der Waals surface area contributed by atoms with Crippen LogP contribution in [0.3, 0.4) is 0 Å². The van der Waals surface area contributed by atoms with Crippen molar-refractivity contribution in [2.75, 3.05) is 6.61 Å². The first-order valence-electron chi connectivity index (χ1n) is 5.75. The molecule has 0 fully saturated rings. The van der Waals surface area contributed by atoms with Crippen molar-refractivity contribution in [1.82, 2.24) is 4.98 Å². The Bertz CT molecular complexity index is 475. The molecule has 17 heavy (non-hydrogen) atoms. The Kier molecular flexibility index (Phi) is 3.03. The summed E-state index contributed by atoms with van der Waals surface area (Å²) in [4.78, 5) is 4.44. The maximum atomic E-state index is 9.04. The average Bonchev–Trinajstić information content (AvgIpc) is 2.27. The molecule has 1 aliphatic heterocycles. The van der Waals surface area contributed by atoms with E-state index in [1.54, 1.807) is 0 Å². The minimum Gasteiger partial charge on any atom is -0.477 e. The Morgan fingerprint density at radius 2 is 2.35 bits per heavy atom. The van der Waals surface area contributed by atoms with Crippen LogP contribution in [0.5, 0.6) is 5.88 Å². The molecule has 0 unspecified atom stereocenters. The van der Waals surface area contributed by atoms with Crippen molar-refractivity contribution in [2.24, 2.45) is 0 Å². The van der Waals surface area contributed by atoms with Gasteiger partial charge in [-0.1, -0.05) is 0 Å². The summed E-state index contributed by atoms with van der Waals surface area (Å²) in [6, 6.07) is 3.93. The highest BCUT2D eigenvalue weighted by Gasteiger charge is 2.28. The number of nitrogens with zero attached hydrogens (tertiary/aromatic N) is 2. The van der Waals surface area contributed by atoms with Crippen LogP contribution in [0, 0.1) is 11.3 Å². The SMILES string of the molecule is CCOc1nc2c(cc1C#N)COC(C)(C)C2. The van der Waals surface area contributed by atoms with Crippen LogP contribution >= 0.6 is 0 Å². The fourth-order valence-corrected chi connectivity index (χ4v) is 1.91. The number of ether oxygens (including phenoxy) is 2. The first kappa shape index (κ1) is 11.9. The van der Waals surface area contributed by atoms with Gasteiger partial charge in [0.2, 0.25) is 5.88 Å². The molecule has 2 rings (SSSR count). The summed E-state index contributed by atoms with van der Waals surface area (Å²) in [6.07, 6.45) is 0.744. The minimum atomic E-state index is -0.197. The van der Waals surface area contributed by atoms with Gasteiger partial charge in [0.1, 0.15) is 11.6 Å². The van der Waals surface area contributed by atoms with Crippen LogP contribution in [-0.2, 0) is 17.8 Å². The predicted molar refractivity (Wildman–Crippen MR) is 62.7 cm³/mol. The molecule has 2 heterocycles. The fraction of sp³-hybridized carbons (Fsp3) is 0.538. The van der Waals surface area contributed by atoms with E-state index in [0.717, 1.165) is 17.7 Å². The maximum Gasteiger partial charge on any atom is 0.231 e. The lowest BCUT2D eigenvalue weighted by molar-refractivity contribution is -0.0414. The Morgan fingerprint density at radius 3 is 3.00 bits per heavy atom. The molecule has 0 aromatic carbocycles. The summed E-state index contributed by atoms with van der Waals surface area (Å²) < 4.78 is 11.1. The summed E-state index contributed by atoms with van der Waals surface area (Å²) in [7, 11) is 0. The lowest BCUT2D eigenvalue weighted by atomic mass is 9.95. The number of hydrogen-bond acceptors (Lipinski definition) is 4. The molecule has 4 heteroatoms. The molecule has 0 aliphatic carbocycles.